The number of benzene rings is 1. The molecule has 3 nitrogen and oxygen atoms in total. The van der Waals surface area contributed by atoms with Gasteiger partial charge in [0.2, 0.25) is 0 Å². The van der Waals surface area contributed by atoms with Gasteiger partial charge in [0.15, 0.2) is 17.3 Å². The second kappa shape index (κ2) is 3.33. The highest BCUT2D eigenvalue weighted by molar-refractivity contribution is 6.00. The van der Waals surface area contributed by atoms with E-state index in [-0.39, 0.29) is 5.78 Å². The first-order valence-electron chi connectivity index (χ1n) is 4.57. The van der Waals surface area contributed by atoms with Crippen LogP contribution in [0.2, 0.25) is 0 Å². The molecule has 0 radical (unpaired) electrons. The van der Waals surface area contributed by atoms with E-state index in [0.29, 0.717) is 30.1 Å². The molecule has 0 N–H and O–H groups in total. The van der Waals surface area contributed by atoms with Crippen LogP contribution in [0.4, 0.5) is 0 Å². The standard InChI is InChI=1S/C11H12O3/c1-7-3-4-8-9(12)5-6-14-11(8)10(7)13-2/h3-4H,5-6H2,1-2H3. The van der Waals surface area contributed by atoms with Crippen molar-refractivity contribution in [3.8, 4) is 11.5 Å². The van der Waals surface area contributed by atoms with Crippen LogP contribution in [0.5, 0.6) is 11.5 Å². The van der Waals surface area contributed by atoms with Crippen molar-refractivity contribution in [1.29, 1.82) is 0 Å². The normalized spacial score (nSPS) is 14.6. The van der Waals surface area contributed by atoms with Crippen LogP contribution in [-0.4, -0.2) is 19.5 Å². The highest BCUT2D eigenvalue weighted by Crippen LogP contribution is 2.37. The number of rotatable bonds is 1. The van der Waals surface area contributed by atoms with Gasteiger partial charge in [-0.2, -0.15) is 0 Å². The van der Waals surface area contributed by atoms with Gasteiger partial charge in [-0.25, -0.2) is 0 Å². The van der Waals surface area contributed by atoms with E-state index in [0.717, 1.165) is 5.56 Å². The van der Waals surface area contributed by atoms with Crippen LogP contribution in [-0.2, 0) is 0 Å². The van der Waals surface area contributed by atoms with E-state index < -0.39 is 0 Å². The molecule has 2 rings (SSSR count). The summed E-state index contributed by atoms with van der Waals surface area (Å²) in [4.78, 5) is 11.5. The molecule has 14 heavy (non-hydrogen) atoms. The predicted octanol–water partition coefficient (Wildman–Crippen LogP) is 1.97. The molecule has 1 aliphatic heterocycles. The van der Waals surface area contributed by atoms with E-state index >= 15 is 0 Å². The summed E-state index contributed by atoms with van der Waals surface area (Å²) in [6, 6.07) is 3.68. The molecular formula is C11H12O3. The zero-order valence-electron chi connectivity index (χ0n) is 8.29. The van der Waals surface area contributed by atoms with Crippen molar-refractivity contribution in [3.05, 3.63) is 23.3 Å². The quantitative estimate of drug-likeness (QED) is 0.682. The Bertz CT molecular complexity index is 382. The van der Waals surface area contributed by atoms with E-state index in [1.165, 1.54) is 0 Å². The molecule has 1 heterocycles. The number of ether oxygens (including phenoxy) is 2. The minimum absolute atomic E-state index is 0.129. The van der Waals surface area contributed by atoms with Gasteiger partial charge in [0.1, 0.15) is 0 Å². The average molecular weight is 192 g/mol. The number of Topliss-reactive ketones (excluding diaryl/α,β-unsaturated/α-hetero) is 1. The fourth-order valence-corrected chi connectivity index (χ4v) is 1.66. The average Bonchev–Trinajstić information content (AvgIpc) is 2.18. The molecule has 0 fully saturated rings. The number of hydrogen-bond donors (Lipinski definition) is 0. The number of aryl methyl sites for hydroxylation is 1. The smallest absolute Gasteiger partial charge is 0.172 e. The Morgan fingerprint density at radius 3 is 2.93 bits per heavy atom. The summed E-state index contributed by atoms with van der Waals surface area (Å²) in [6.07, 6.45) is 0.458. The van der Waals surface area contributed by atoms with Gasteiger partial charge in [-0.05, 0) is 18.6 Å². The fraction of sp³-hybridized carbons (Fsp3) is 0.364. The largest absolute Gasteiger partial charge is 0.493 e. The summed E-state index contributed by atoms with van der Waals surface area (Å²) in [6.45, 7) is 2.38. The lowest BCUT2D eigenvalue weighted by molar-refractivity contribution is 0.0930. The Balaban J connectivity index is 2.61. The Hall–Kier alpha value is -1.51. The number of methoxy groups -OCH3 is 1. The van der Waals surface area contributed by atoms with Crippen LogP contribution >= 0.6 is 0 Å². The lowest BCUT2D eigenvalue weighted by atomic mass is 10.0. The van der Waals surface area contributed by atoms with E-state index in [2.05, 4.69) is 0 Å². The third-order valence-corrected chi connectivity index (χ3v) is 2.39. The van der Waals surface area contributed by atoms with E-state index in [1.54, 1.807) is 13.2 Å². The number of carbonyl (C=O) groups is 1. The van der Waals surface area contributed by atoms with Crippen LogP contribution in [0, 0.1) is 6.92 Å². The van der Waals surface area contributed by atoms with Gasteiger partial charge in [-0.1, -0.05) is 6.07 Å². The van der Waals surface area contributed by atoms with Crippen LogP contribution < -0.4 is 9.47 Å². The van der Waals surface area contributed by atoms with Crippen molar-refractivity contribution >= 4 is 5.78 Å². The Kier molecular flexibility index (Phi) is 2.15. The minimum Gasteiger partial charge on any atom is -0.493 e. The van der Waals surface area contributed by atoms with Crippen LogP contribution in [0.25, 0.3) is 0 Å². The summed E-state index contributed by atoms with van der Waals surface area (Å²) in [5, 5.41) is 0. The van der Waals surface area contributed by atoms with Crippen molar-refractivity contribution in [2.24, 2.45) is 0 Å². The molecule has 0 saturated carbocycles. The van der Waals surface area contributed by atoms with Gasteiger partial charge in [0, 0.05) is 6.42 Å². The van der Waals surface area contributed by atoms with Crippen molar-refractivity contribution in [2.75, 3.05) is 13.7 Å². The van der Waals surface area contributed by atoms with E-state index in [1.807, 2.05) is 13.0 Å². The first-order valence-corrected chi connectivity index (χ1v) is 4.57. The topological polar surface area (TPSA) is 35.5 Å². The lowest BCUT2D eigenvalue weighted by Crippen LogP contribution is -2.16. The summed E-state index contributed by atoms with van der Waals surface area (Å²) >= 11 is 0. The van der Waals surface area contributed by atoms with E-state index in [4.69, 9.17) is 9.47 Å². The third-order valence-electron chi connectivity index (χ3n) is 2.39. The molecule has 74 valence electrons. The maximum atomic E-state index is 11.5. The van der Waals surface area contributed by atoms with Gasteiger partial charge in [0.25, 0.3) is 0 Å². The molecule has 3 heteroatoms. The maximum Gasteiger partial charge on any atom is 0.172 e. The Morgan fingerprint density at radius 1 is 1.43 bits per heavy atom. The summed E-state index contributed by atoms with van der Waals surface area (Å²) in [7, 11) is 1.59. The maximum absolute atomic E-state index is 11.5. The number of carbonyl (C=O) groups excluding carboxylic acids is 1. The van der Waals surface area contributed by atoms with Gasteiger partial charge in [0.05, 0.1) is 19.3 Å². The minimum atomic E-state index is 0.129. The summed E-state index contributed by atoms with van der Waals surface area (Å²) in [5.74, 6) is 1.41. The summed E-state index contributed by atoms with van der Waals surface area (Å²) < 4.78 is 10.7. The molecule has 0 bridgehead atoms. The molecular weight excluding hydrogens is 180 g/mol. The Labute approximate surface area is 82.6 Å². The molecule has 1 aromatic carbocycles. The molecule has 1 aliphatic rings. The lowest BCUT2D eigenvalue weighted by Gasteiger charge is -2.19. The molecule has 0 aromatic heterocycles. The second-order valence-corrected chi connectivity index (χ2v) is 3.31. The zero-order chi connectivity index (χ0) is 10.1. The number of fused-ring (bicyclic) bond motifs is 1. The van der Waals surface area contributed by atoms with Gasteiger partial charge in [-0.3, -0.25) is 4.79 Å². The fourth-order valence-electron chi connectivity index (χ4n) is 1.66. The van der Waals surface area contributed by atoms with Crippen molar-refractivity contribution in [1.82, 2.24) is 0 Å². The van der Waals surface area contributed by atoms with Crippen LogP contribution in [0.15, 0.2) is 12.1 Å². The summed E-state index contributed by atoms with van der Waals surface area (Å²) in [5.41, 5.74) is 1.62. The molecule has 0 atom stereocenters. The number of hydrogen-bond acceptors (Lipinski definition) is 3. The first kappa shape index (κ1) is 9.06. The second-order valence-electron chi connectivity index (χ2n) is 3.31. The van der Waals surface area contributed by atoms with Crippen molar-refractivity contribution < 1.29 is 14.3 Å². The number of ketones is 1. The molecule has 1 aromatic rings. The Morgan fingerprint density at radius 2 is 2.21 bits per heavy atom. The highest BCUT2D eigenvalue weighted by atomic mass is 16.5. The molecule has 0 spiro atoms. The SMILES string of the molecule is COc1c(C)ccc2c1OCCC2=O. The van der Waals surface area contributed by atoms with E-state index in [9.17, 15) is 4.79 Å². The first-order chi connectivity index (χ1) is 6.74. The van der Waals surface area contributed by atoms with Crippen LogP contribution in [0.1, 0.15) is 22.3 Å². The third kappa shape index (κ3) is 1.25. The molecule has 0 saturated heterocycles. The zero-order valence-corrected chi connectivity index (χ0v) is 8.29. The molecule has 0 amide bonds. The van der Waals surface area contributed by atoms with Crippen LogP contribution in [0.3, 0.4) is 0 Å². The van der Waals surface area contributed by atoms with Crippen molar-refractivity contribution in [3.63, 3.8) is 0 Å². The van der Waals surface area contributed by atoms with Gasteiger partial charge < -0.3 is 9.47 Å². The monoisotopic (exact) mass is 192 g/mol. The van der Waals surface area contributed by atoms with Gasteiger partial charge in [-0.15, -0.1) is 0 Å². The van der Waals surface area contributed by atoms with Crippen molar-refractivity contribution in [2.45, 2.75) is 13.3 Å². The van der Waals surface area contributed by atoms with Gasteiger partial charge >= 0.3 is 0 Å². The molecule has 0 aliphatic carbocycles. The predicted molar refractivity (Wildman–Crippen MR) is 52.2 cm³/mol. The highest BCUT2D eigenvalue weighted by Gasteiger charge is 2.22. The molecule has 0 unspecified atom stereocenters.